The molecule has 13 heteroatoms. The Kier molecular flexibility index (Phi) is 18.0. The maximum absolute atomic E-state index is 13.7. The molecule has 3 aliphatic rings. The van der Waals surface area contributed by atoms with Gasteiger partial charge >= 0.3 is 12.1 Å². The molecule has 0 saturated carbocycles. The lowest BCUT2D eigenvalue weighted by Gasteiger charge is -2.39. The Hall–Kier alpha value is -2.65. The van der Waals surface area contributed by atoms with E-state index in [9.17, 15) is 34.8 Å². The van der Waals surface area contributed by atoms with Crippen molar-refractivity contribution < 1.29 is 58.5 Å². The molecular weight excluding hydrogens is 710 g/mol. The van der Waals surface area contributed by atoms with Crippen molar-refractivity contribution in [2.75, 3.05) is 0 Å². The number of aliphatic hydroxyl groups excluding tert-OH is 3. The molecule has 1 saturated heterocycles. The number of ether oxygens (including phenoxy) is 5. The van der Waals surface area contributed by atoms with Crippen molar-refractivity contribution in [3.63, 3.8) is 0 Å². The smallest absolute Gasteiger partial charge is 0.404 e. The molecule has 3 heterocycles. The molecule has 2 bridgehead atoms. The molecule has 6 N–H and O–H groups in total. The van der Waals surface area contributed by atoms with E-state index in [1.807, 2.05) is 72.8 Å². The number of primary amides is 1. The second kappa shape index (κ2) is 21.2. The van der Waals surface area contributed by atoms with E-state index in [1.54, 1.807) is 13.8 Å². The maximum atomic E-state index is 13.7. The van der Waals surface area contributed by atoms with Crippen LogP contribution < -0.4 is 5.73 Å². The van der Waals surface area contributed by atoms with Gasteiger partial charge in [0.25, 0.3) is 0 Å². The van der Waals surface area contributed by atoms with Crippen molar-refractivity contribution in [1.82, 2.24) is 0 Å². The minimum absolute atomic E-state index is 0.00168. The number of cyclic esters (lactones) is 1. The number of rotatable bonds is 11. The fourth-order valence-corrected chi connectivity index (χ4v) is 8.30. The maximum Gasteiger partial charge on any atom is 0.404 e. The minimum atomic E-state index is -1.80. The van der Waals surface area contributed by atoms with Gasteiger partial charge in [0, 0.05) is 37.0 Å². The second-order valence-electron chi connectivity index (χ2n) is 16.4. The molecule has 314 valence electrons. The number of carbonyl (C=O) groups excluding carboxylic acids is 3. The van der Waals surface area contributed by atoms with Crippen LogP contribution in [0, 0.1) is 29.6 Å². The third-order valence-electron chi connectivity index (χ3n) is 11.7. The van der Waals surface area contributed by atoms with Gasteiger partial charge in [-0.25, -0.2) is 4.79 Å². The molecule has 0 spiro atoms. The summed E-state index contributed by atoms with van der Waals surface area (Å²) in [5.74, 6) is -4.64. The molecule has 0 aliphatic carbocycles. The highest BCUT2D eigenvalue weighted by Crippen LogP contribution is 2.36. The fourth-order valence-electron chi connectivity index (χ4n) is 8.30. The van der Waals surface area contributed by atoms with Crippen molar-refractivity contribution in [2.45, 2.75) is 181 Å². The normalized spacial score (nSPS) is 38.0. The van der Waals surface area contributed by atoms with Crippen molar-refractivity contribution in [2.24, 2.45) is 35.3 Å². The Morgan fingerprint density at radius 2 is 1.73 bits per heavy atom. The molecule has 0 aromatic heterocycles. The van der Waals surface area contributed by atoms with E-state index in [4.69, 9.17) is 29.4 Å². The van der Waals surface area contributed by atoms with Gasteiger partial charge in [-0.1, -0.05) is 65.8 Å². The summed E-state index contributed by atoms with van der Waals surface area (Å²) in [6, 6.07) is 0. The van der Waals surface area contributed by atoms with E-state index in [0.717, 1.165) is 11.1 Å². The van der Waals surface area contributed by atoms with Gasteiger partial charge < -0.3 is 49.8 Å². The molecule has 1 amide bonds. The molecule has 0 aromatic rings. The number of nitrogens with two attached hydrogens (primary N) is 1. The van der Waals surface area contributed by atoms with Gasteiger partial charge in [0.2, 0.25) is 0 Å². The summed E-state index contributed by atoms with van der Waals surface area (Å²) in [5.41, 5.74) is 7.06. The Morgan fingerprint density at radius 1 is 1.05 bits per heavy atom. The second-order valence-corrected chi connectivity index (χ2v) is 16.4. The van der Waals surface area contributed by atoms with Crippen LogP contribution in [0.3, 0.4) is 0 Å². The summed E-state index contributed by atoms with van der Waals surface area (Å²) >= 11 is 0. The van der Waals surface area contributed by atoms with Gasteiger partial charge in [-0.05, 0) is 75.9 Å². The van der Waals surface area contributed by atoms with Gasteiger partial charge in [-0.15, -0.1) is 0 Å². The third kappa shape index (κ3) is 13.2. The first kappa shape index (κ1) is 46.7. The van der Waals surface area contributed by atoms with E-state index in [-0.39, 0.29) is 30.5 Å². The van der Waals surface area contributed by atoms with Crippen LogP contribution in [-0.2, 0) is 33.3 Å². The molecular formula is C42H69NO12. The topological polar surface area (TPSA) is 204 Å². The number of carbonyl (C=O) groups is 3. The molecule has 1 fully saturated rings. The van der Waals surface area contributed by atoms with Crippen LogP contribution in [-0.4, -0.2) is 99.2 Å². The number of aliphatic hydroxyl groups is 4. The van der Waals surface area contributed by atoms with Gasteiger partial charge in [0.05, 0.1) is 30.8 Å². The molecule has 0 aromatic carbocycles. The predicted molar refractivity (Wildman–Crippen MR) is 206 cm³/mol. The van der Waals surface area contributed by atoms with E-state index < -0.39 is 97.1 Å². The number of Topliss-reactive ketones (excluding diaryl/α,β-unsaturated/α-hetero) is 1. The number of esters is 1. The Labute approximate surface area is 327 Å². The Morgan fingerprint density at radius 3 is 2.36 bits per heavy atom. The largest absolute Gasteiger partial charge is 0.462 e. The van der Waals surface area contributed by atoms with Crippen LogP contribution in [0.1, 0.15) is 120 Å². The van der Waals surface area contributed by atoms with Crippen LogP contribution in [0.25, 0.3) is 0 Å². The lowest BCUT2D eigenvalue weighted by molar-refractivity contribution is -0.254. The van der Waals surface area contributed by atoms with E-state index >= 15 is 0 Å². The SMILES string of the molecule is CCC(=O)C(CC)C(O)C(C)CC(C)C1OC(=O)CC2(O)CC=C(C)C(O2)/C(C)=C/CCCC(OC2CC(OC(N)=O)C(O)C(C)O2)/C=C/C(C)C(O)C1C. The Balaban J connectivity index is 1.95. The van der Waals surface area contributed by atoms with Gasteiger partial charge in [0.1, 0.15) is 30.2 Å². The quantitative estimate of drug-likeness (QED) is 0.132. The minimum Gasteiger partial charge on any atom is -0.462 e. The summed E-state index contributed by atoms with van der Waals surface area (Å²) < 4.78 is 29.8. The molecule has 13 nitrogen and oxygen atoms in total. The zero-order valence-corrected chi connectivity index (χ0v) is 34.4. The molecule has 3 aliphatic heterocycles. The summed E-state index contributed by atoms with van der Waals surface area (Å²) in [6.07, 6.45) is 2.42. The molecule has 3 rings (SSSR count). The monoisotopic (exact) mass is 779 g/mol. The first-order chi connectivity index (χ1) is 25.8. The average molecular weight is 780 g/mol. The van der Waals surface area contributed by atoms with Crippen LogP contribution in [0.15, 0.2) is 35.5 Å². The van der Waals surface area contributed by atoms with Gasteiger partial charge in [-0.3, -0.25) is 9.59 Å². The number of ketones is 1. The lowest BCUT2D eigenvalue weighted by atomic mass is 9.77. The van der Waals surface area contributed by atoms with E-state index in [1.165, 1.54) is 0 Å². The van der Waals surface area contributed by atoms with Crippen molar-refractivity contribution in [1.29, 1.82) is 0 Å². The molecule has 0 radical (unpaired) electrons. The fraction of sp³-hybridized carbons (Fsp3) is 0.786. The van der Waals surface area contributed by atoms with Crippen molar-refractivity contribution in [3.8, 4) is 0 Å². The number of hydrogen-bond acceptors (Lipinski definition) is 12. The van der Waals surface area contributed by atoms with Crippen LogP contribution in [0.4, 0.5) is 4.79 Å². The Bertz CT molecular complexity index is 1370. The summed E-state index contributed by atoms with van der Waals surface area (Å²) in [5, 5.41) is 45.1. The van der Waals surface area contributed by atoms with E-state index in [0.29, 0.717) is 38.5 Å². The first-order valence-electron chi connectivity index (χ1n) is 20.3. The highest BCUT2D eigenvalue weighted by Gasteiger charge is 2.42. The highest BCUT2D eigenvalue weighted by atomic mass is 16.7. The summed E-state index contributed by atoms with van der Waals surface area (Å²) in [7, 11) is 0. The molecule has 15 atom stereocenters. The predicted octanol–water partition coefficient (Wildman–Crippen LogP) is 5.41. The van der Waals surface area contributed by atoms with Gasteiger partial charge in [-0.2, -0.15) is 0 Å². The van der Waals surface area contributed by atoms with Crippen molar-refractivity contribution in [3.05, 3.63) is 35.5 Å². The van der Waals surface area contributed by atoms with E-state index in [2.05, 4.69) is 0 Å². The highest BCUT2D eigenvalue weighted by molar-refractivity contribution is 5.81. The van der Waals surface area contributed by atoms with Crippen LogP contribution >= 0.6 is 0 Å². The number of allylic oxidation sites excluding steroid dienone is 1. The zero-order valence-electron chi connectivity index (χ0n) is 34.4. The zero-order chi connectivity index (χ0) is 41.2. The first-order valence-corrected chi connectivity index (χ1v) is 20.3. The summed E-state index contributed by atoms with van der Waals surface area (Å²) in [4.78, 5) is 37.8. The summed E-state index contributed by atoms with van der Waals surface area (Å²) in [6.45, 7) is 16.6. The molecule has 15 unspecified atom stereocenters. The number of hydrogen-bond donors (Lipinski definition) is 5. The van der Waals surface area contributed by atoms with Gasteiger partial charge in [0.15, 0.2) is 12.1 Å². The number of fused-ring (bicyclic) bond motifs is 2. The lowest BCUT2D eigenvalue weighted by Crippen LogP contribution is -2.50. The third-order valence-corrected chi connectivity index (χ3v) is 11.7. The number of amides is 1. The standard InChI is InChI=1S/C42H69NO12/c1-10-31(32(44)11-2)37(47)26(6)20-27(7)40-28(8)36(46)23(3)16-17-30(52-35-21-33(53-41(43)49)38(48)29(9)51-35)15-13-12-14-24(4)39-25(5)18-19-42(50,55-39)22-34(45)54-40/h14,16-18,23,26-31,33,35-40,46-48,50H,10-13,15,19-22H2,1-9H3,(H2,43,49)/b17-16+,24-14+. The van der Waals surface area contributed by atoms with Crippen LogP contribution in [0.2, 0.25) is 0 Å². The molecule has 55 heavy (non-hydrogen) atoms. The van der Waals surface area contributed by atoms with Crippen LogP contribution in [0.5, 0.6) is 0 Å². The average Bonchev–Trinajstić information content (AvgIpc) is 3.12. The van der Waals surface area contributed by atoms with Crippen molar-refractivity contribution >= 4 is 17.8 Å².